The highest BCUT2D eigenvalue weighted by molar-refractivity contribution is 14.1. The summed E-state index contributed by atoms with van der Waals surface area (Å²) in [6.45, 7) is 2.54. The number of hydrogen-bond acceptors (Lipinski definition) is 2. The van der Waals surface area contributed by atoms with Gasteiger partial charge in [-0.25, -0.2) is 0 Å². The molecular weight excluding hydrogens is 373 g/mol. The van der Waals surface area contributed by atoms with Gasteiger partial charge in [0.15, 0.2) is 5.78 Å². The Bertz CT molecular complexity index is 560. The van der Waals surface area contributed by atoms with Crippen molar-refractivity contribution < 1.29 is 4.79 Å². The molecule has 2 rings (SSSR count). The van der Waals surface area contributed by atoms with Crippen LogP contribution in [0.5, 0.6) is 0 Å². The van der Waals surface area contributed by atoms with Gasteiger partial charge in [-0.1, -0.05) is 52.5 Å². The number of hydrogen-bond donors (Lipinski definition) is 1. The Hall–Kier alpha value is -1.10. The van der Waals surface area contributed by atoms with E-state index in [4.69, 9.17) is 0 Å². The molecule has 2 nitrogen and oxygen atoms in total. The molecule has 0 fully saturated rings. The molecule has 0 atom stereocenters. The smallest absolute Gasteiger partial charge is 0.161 e. The molecule has 3 heteroatoms. The van der Waals surface area contributed by atoms with Crippen molar-refractivity contribution in [2.45, 2.75) is 37.0 Å². The fourth-order valence-electron chi connectivity index (χ4n) is 2.52. The first kappa shape index (κ1) is 16.3. The molecule has 1 N–H and O–H groups in total. The maximum absolute atomic E-state index is 11.8. The number of carbonyl (C=O) groups excluding carboxylic acids is 1. The number of Topliss-reactive ketones (excluding diaryl/α,β-unsaturated/α-hetero) is 1. The van der Waals surface area contributed by atoms with Crippen LogP contribution in [0.3, 0.4) is 0 Å². The minimum absolute atomic E-state index is 0.129. The van der Waals surface area contributed by atoms with E-state index in [2.05, 4.69) is 52.2 Å². The van der Waals surface area contributed by atoms with Crippen LogP contribution < -0.4 is 5.32 Å². The van der Waals surface area contributed by atoms with Crippen molar-refractivity contribution in [2.24, 2.45) is 0 Å². The second-order valence-electron chi connectivity index (χ2n) is 5.39. The first-order valence-electron chi connectivity index (χ1n) is 7.49. The Kier molecular flexibility index (Phi) is 6.49. The monoisotopic (exact) mass is 395 g/mol. The lowest BCUT2D eigenvalue weighted by Crippen LogP contribution is -2.07. The highest BCUT2D eigenvalue weighted by Gasteiger charge is 2.08. The molecule has 0 saturated carbocycles. The van der Waals surface area contributed by atoms with E-state index in [0.29, 0.717) is 0 Å². The highest BCUT2D eigenvalue weighted by Crippen LogP contribution is 2.21. The van der Waals surface area contributed by atoms with E-state index in [9.17, 15) is 4.79 Å². The van der Waals surface area contributed by atoms with Crippen LogP contribution in [0.1, 0.15) is 48.5 Å². The SMILES string of the molecule is CC(=O)c1cc(CI)ccc1NCCCC1=CC=CCC1. The van der Waals surface area contributed by atoms with Gasteiger partial charge in [-0.05, 0) is 50.3 Å². The Morgan fingerprint density at radius 3 is 2.90 bits per heavy atom. The summed E-state index contributed by atoms with van der Waals surface area (Å²) in [6.07, 6.45) is 11.2. The lowest BCUT2D eigenvalue weighted by molar-refractivity contribution is 0.101. The van der Waals surface area contributed by atoms with E-state index >= 15 is 0 Å². The van der Waals surface area contributed by atoms with Gasteiger partial charge in [0.05, 0.1) is 0 Å². The van der Waals surface area contributed by atoms with Crippen LogP contribution in [0.25, 0.3) is 0 Å². The van der Waals surface area contributed by atoms with Crippen molar-refractivity contribution in [1.82, 2.24) is 0 Å². The highest BCUT2D eigenvalue weighted by atomic mass is 127. The molecule has 21 heavy (non-hydrogen) atoms. The number of nitrogens with one attached hydrogen (secondary N) is 1. The molecule has 0 heterocycles. The molecule has 1 aromatic rings. The first-order chi connectivity index (χ1) is 10.2. The Labute approximate surface area is 140 Å². The molecule has 1 aliphatic carbocycles. The number of benzene rings is 1. The average Bonchev–Trinajstić information content (AvgIpc) is 2.52. The van der Waals surface area contributed by atoms with Crippen molar-refractivity contribution in [1.29, 1.82) is 0 Å². The number of halogens is 1. The van der Waals surface area contributed by atoms with Gasteiger partial charge >= 0.3 is 0 Å². The van der Waals surface area contributed by atoms with E-state index in [0.717, 1.165) is 35.1 Å². The Balaban J connectivity index is 1.89. The third kappa shape index (κ3) is 4.99. The second kappa shape index (κ2) is 8.37. The van der Waals surface area contributed by atoms with Crippen molar-refractivity contribution in [3.05, 3.63) is 53.1 Å². The summed E-state index contributed by atoms with van der Waals surface area (Å²) >= 11 is 2.32. The maximum Gasteiger partial charge on any atom is 0.161 e. The predicted octanol–water partition coefficient (Wildman–Crippen LogP) is 5.29. The standard InChI is InChI=1S/C18H22INO/c1-14(21)17-12-16(13-19)9-10-18(17)20-11-5-8-15-6-3-2-4-7-15/h2-3,6,9-10,12,20H,4-5,7-8,11,13H2,1H3. The van der Waals surface area contributed by atoms with Crippen molar-refractivity contribution in [3.8, 4) is 0 Å². The van der Waals surface area contributed by atoms with Gasteiger partial charge in [0, 0.05) is 22.2 Å². The van der Waals surface area contributed by atoms with Crippen LogP contribution in [0.15, 0.2) is 42.0 Å². The molecule has 0 saturated heterocycles. The third-order valence-electron chi connectivity index (χ3n) is 3.71. The molecular formula is C18H22INO. The molecule has 0 bridgehead atoms. The molecule has 0 spiro atoms. The molecule has 1 aromatic carbocycles. The molecule has 0 aliphatic heterocycles. The zero-order valence-electron chi connectivity index (χ0n) is 12.5. The summed E-state index contributed by atoms with van der Waals surface area (Å²) in [6, 6.07) is 6.13. The van der Waals surface area contributed by atoms with E-state index in [-0.39, 0.29) is 5.78 Å². The maximum atomic E-state index is 11.8. The van der Waals surface area contributed by atoms with Gasteiger partial charge in [0.1, 0.15) is 0 Å². The normalized spacial score (nSPS) is 13.9. The minimum Gasteiger partial charge on any atom is -0.384 e. The summed E-state index contributed by atoms with van der Waals surface area (Å²) in [5.41, 5.74) is 4.51. The van der Waals surface area contributed by atoms with Crippen molar-refractivity contribution >= 4 is 34.1 Å². The lowest BCUT2D eigenvalue weighted by atomic mass is 10.0. The largest absolute Gasteiger partial charge is 0.384 e. The number of anilines is 1. The molecule has 0 aromatic heterocycles. The van der Waals surface area contributed by atoms with Crippen LogP contribution in [0.2, 0.25) is 0 Å². The zero-order valence-corrected chi connectivity index (χ0v) is 14.7. The predicted molar refractivity (Wildman–Crippen MR) is 98.4 cm³/mol. The summed E-state index contributed by atoms with van der Waals surface area (Å²) in [4.78, 5) is 11.8. The van der Waals surface area contributed by atoms with E-state index in [1.807, 2.05) is 12.1 Å². The van der Waals surface area contributed by atoms with Gasteiger partial charge in [-0.2, -0.15) is 0 Å². The third-order valence-corrected chi connectivity index (χ3v) is 4.59. The molecule has 0 unspecified atom stereocenters. The molecule has 0 amide bonds. The first-order valence-corrected chi connectivity index (χ1v) is 9.01. The van der Waals surface area contributed by atoms with Crippen molar-refractivity contribution in [3.63, 3.8) is 0 Å². The second-order valence-corrected chi connectivity index (χ2v) is 6.15. The van der Waals surface area contributed by atoms with Crippen LogP contribution in [-0.2, 0) is 4.43 Å². The fraction of sp³-hybridized carbons (Fsp3) is 0.389. The van der Waals surface area contributed by atoms with Gasteiger partial charge < -0.3 is 5.32 Å². The quantitative estimate of drug-likeness (QED) is 0.294. The van der Waals surface area contributed by atoms with Crippen molar-refractivity contribution in [2.75, 3.05) is 11.9 Å². The number of carbonyl (C=O) groups is 1. The topological polar surface area (TPSA) is 29.1 Å². The van der Waals surface area contributed by atoms with Crippen LogP contribution in [0, 0.1) is 0 Å². The zero-order chi connectivity index (χ0) is 15.1. The van der Waals surface area contributed by atoms with Crippen LogP contribution in [0.4, 0.5) is 5.69 Å². The molecule has 0 radical (unpaired) electrons. The van der Waals surface area contributed by atoms with E-state index in [1.54, 1.807) is 6.92 Å². The van der Waals surface area contributed by atoms with Gasteiger partial charge in [0.2, 0.25) is 0 Å². The number of rotatable bonds is 7. The Morgan fingerprint density at radius 1 is 1.38 bits per heavy atom. The van der Waals surface area contributed by atoms with Gasteiger partial charge in [0.25, 0.3) is 0 Å². The summed E-state index contributed by atoms with van der Waals surface area (Å²) in [7, 11) is 0. The average molecular weight is 395 g/mol. The molecule has 1 aliphatic rings. The van der Waals surface area contributed by atoms with Gasteiger partial charge in [-0.15, -0.1) is 0 Å². The molecule has 112 valence electrons. The number of alkyl halides is 1. The number of allylic oxidation sites excluding steroid dienone is 4. The van der Waals surface area contributed by atoms with Crippen LogP contribution >= 0.6 is 22.6 Å². The summed E-state index contributed by atoms with van der Waals surface area (Å²) < 4.78 is 0.931. The summed E-state index contributed by atoms with van der Waals surface area (Å²) in [5.74, 6) is 0.129. The van der Waals surface area contributed by atoms with Crippen LogP contribution in [-0.4, -0.2) is 12.3 Å². The fourth-order valence-corrected chi connectivity index (χ4v) is 2.99. The lowest BCUT2D eigenvalue weighted by Gasteiger charge is -2.13. The minimum atomic E-state index is 0.129. The summed E-state index contributed by atoms with van der Waals surface area (Å²) in [5, 5.41) is 3.42. The van der Waals surface area contributed by atoms with E-state index < -0.39 is 0 Å². The number of ketones is 1. The Morgan fingerprint density at radius 2 is 2.24 bits per heavy atom. The van der Waals surface area contributed by atoms with E-state index in [1.165, 1.54) is 24.0 Å². The van der Waals surface area contributed by atoms with Gasteiger partial charge in [-0.3, -0.25) is 4.79 Å².